The van der Waals surface area contributed by atoms with E-state index in [1.54, 1.807) is 42.1 Å². The monoisotopic (exact) mass is 555 g/mol. The van der Waals surface area contributed by atoms with Crippen LogP contribution < -0.4 is 4.74 Å². The maximum Gasteiger partial charge on any atom is 0.213 e. The molecule has 0 amide bonds. The summed E-state index contributed by atoms with van der Waals surface area (Å²) in [5.74, 6) is 1.44. The predicted molar refractivity (Wildman–Crippen MR) is 143 cm³/mol. The molecule has 0 fully saturated rings. The van der Waals surface area contributed by atoms with Crippen LogP contribution in [-0.2, 0) is 33.3 Å². The second kappa shape index (κ2) is 12.0. The number of nitrogens with zero attached hydrogens (tertiary/aromatic N) is 7. The van der Waals surface area contributed by atoms with Gasteiger partial charge in [0.2, 0.25) is 5.88 Å². The lowest BCUT2D eigenvalue weighted by Crippen LogP contribution is -2.32. The SMILES string of the molecule is CCc1cc(Cn2c(CS(=O)(=O)[C@@H](C)[C@@H](OC(C)C)c3ncc(C)cn3)nnc2-c2cccc(OC)n2)on1. The normalized spacial score (nSPS) is 13.5. The highest BCUT2D eigenvalue weighted by Gasteiger charge is 2.36. The first-order valence-electron chi connectivity index (χ1n) is 12.6. The van der Waals surface area contributed by atoms with Crippen LogP contribution in [0.4, 0.5) is 0 Å². The second-order valence-electron chi connectivity index (χ2n) is 9.47. The zero-order valence-electron chi connectivity index (χ0n) is 22.9. The van der Waals surface area contributed by atoms with Crippen LogP contribution in [0.1, 0.15) is 62.5 Å². The van der Waals surface area contributed by atoms with Gasteiger partial charge in [0.25, 0.3) is 0 Å². The first kappa shape index (κ1) is 28.3. The molecule has 0 bridgehead atoms. The largest absolute Gasteiger partial charge is 0.481 e. The third kappa shape index (κ3) is 6.66. The first-order valence-corrected chi connectivity index (χ1v) is 14.4. The summed E-state index contributed by atoms with van der Waals surface area (Å²) in [6.45, 7) is 9.28. The van der Waals surface area contributed by atoms with Crippen molar-refractivity contribution in [2.75, 3.05) is 7.11 Å². The molecular formula is C26H33N7O5S. The number of ether oxygens (including phenoxy) is 2. The van der Waals surface area contributed by atoms with Crippen molar-refractivity contribution in [2.24, 2.45) is 0 Å². The van der Waals surface area contributed by atoms with E-state index in [1.165, 1.54) is 7.11 Å². The molecule has 0 aliphatic heterocycles. The molecule has 12 nitrogen and oxygen atoms in total. The van der Waals surface area contributed by atoms with Crippen LogP contribution in [0.5, 0.6) is 5.88 Å². The second-order valence-corrected chi connectivity index (χ2v) is 11.8. The number of aromatic nitrogens is 7. The van der Waals surface area contributed by atoms with Crippen molar-refractivity contribution < 1.29 is 22.4 Å². The fourth-order valence-corrected chi connectivity index (χ4v) is 5.33. The van der Waals surface area contributed by atoms with E-state index in [9.17, 15) is 8.42 Å². The number of pyridine rings is 1. The van der Waals surface area contributed by atoms with E-state index in [4.69, 9.17) is 14.0 Å². The predicted octanol–water partition coefficient (Wildman–Crippen LogP) is 3.52. The number of hydrogen-bond acceptors (Lipinski definition) is 11. The molecule has 2 atom stereocenters. The van der Waals surface area contributed by atoms with Crippen molar-refractivity contribution in [3.63, 3.8) is 0 Å². The molecule has 0 aromatic carbocycles. The summed E-state index contributed by atoms with van der Waals surface area (Å²) in [6, 6.07) is 7.06. The highest BCUT2D eigenvalue weighted by Crippen LogP contribution is 2.28. The summed E-state index contributed by atoms with van der Waals surface area (Å²) in [6.07, 6.45) is 2.88. The maximum atomic E-state index is 13.8. The van der Waals surface area contributed by atoms with Crippen molar-refractivity contribution >= 4 is 9.84 Å². The minimum atomic E-state index is -3.83. The lowest BCUT2D eigenvalue weighted by molar-refractivity contribution is 0.00140. The van der Waals surface area contributed by atoms with E-state index in [0.717, 1.165) is 11.3 Å². The van der Waals surface area contributed by atoms with Crippen LogP contribution in [0.2, 0.25) is 0 Å². The molecule has 4 heterocycles. The van der Waals surface area contributed by atoms with Gasteiger partial charge in [-0.15, -0.1) is 10.2 Å². The standard InChI is InChI=1S/C26H33N7O5S/c1-7-19-11-20(38-32-19)14-33-22(30-31-26(33)21-9-8-10-23(29-21)36-6)15-39(34,35)18(5)24(37-16(2)3)25-27-12-17(4)13-28-25/h8-13,16,18,24H,7,14-15H2,1-6H3/t18-,24+/m0/s1. The molecular weight excluding hydrogens is 522 g/mol. The van der Waals surface area contributed by atoms with Gasteiger partial charge in [0.05, 0.1) is 30.7 Å². The lowest BCUT2D eigenvalue weighted by Gasteiger charge is -2.25. The Kier molecular flexibility index (Phi) is 8.70. The summed E-state index contributed by atoms with van der Waals surface area (Å²) >= 11 is 0. The third-order valence-corrected chi connectivity index (χ3v) is 8.11. The molecule has 4 aromatic rings. The number of aryl methyl sites for hydroxylation is 2. The Labute approximate surface area is 227 Å². The van der Waals surface area contributed by atoms with Gasteiger partial charge < -0.3 is 18.6 Å². The third-order valence-electron chi connectivity index (χ3n) is 6.07. The highest BCUT2D eigenvalue weighted by molar-refractivity contribution is 7.91. The van der Waals surface area contributed by atoms with Gasteiger partial charge in [0, 0.05) is 24.5 Å². The molecule has 208 valence electrons. The van der Waals surface area contributed by atoms with Crippen LogP contribution in [0.3, 0.4) is 0 Å². The topological polar surface area (TPSA) is 148 Å². The van der Waals surface area contributed by atoms with Gasteiger partial charge >= 0.3 is 0 Å². The van der Waals surface area contributed by atoms with E-state index < -0.39 is 26.9 Å². The van der Waals surface area contributed by atoms with Crippen LogP contribution >= 0.6 is 0 Å². The number of methoxy groups -OCH3 is 1. The zero-order chi connectivity index (χ0) is 28.2. The molecule has 4 aromatic heterocycles. The molecule has 0 spiro atoms. The van der Waals surface area contributed by atoms with Crippen LogP contribution in [-0.4, -0.2) is 61.8 Å². The van der Waals surface area contributed by atoms with Gasteiger partial charge in [-0.25, -0.2) is 23.4 Å². The van der Waals surface area contributed by atoms with Gasteiger partial charge in [0.1, 0.15) is 23.4 Å². The van der Waals surface area contributed by atoms with E-state index in [0.29, 0.717) is 35.4 Å². The van der Waals surface area contributed by atoms with Gasteiger partial charge in [0.15, 0.2) is 27.2 Å². The van der Waals surface area contributed by atoms with E-state index in [-0.39, 0.29) is 18.5 Å². The van der Waals surface area contributed by atoms with Gasteiger partial charge in [-0.1, -0.05) is 18.1 Å². The molecule has 0 radical (unpaired) electrons. The number of hydrogen-bond donors (Lipinski definition) is 0. The number of rotatable bonds is 12. The lowest BCUT2D eigenvalue weighted by atomic mass is 10.2. The zero-order valence-corrected chi connectivity index (χ0v) is 23.7. The Morgan fingerprint density at radius 1 is 1.10 bits per heavy atom. The Hall–Kier alpha value is -3.71. The van der Waals surface area contributed by atoms with E-state index in [1.807, 2.05) is 33.8 Å². The fourth-order valence-electron chi connectivity index (χ4n) is 3.93. The average Bonchev–Trinajstić information content (AvgIpc) is 3.54. The summed E-state index contributed by atoms with van der Waals surface area (Å²) in [5, 5.41) is 11.6. The Balaban J connectivity index is 1.71. The first-order chi connectivity index (χ1) is 18.6. The number of sulfone groups is 1. The Morgan fingerprint density at radius 3 is 2.49 bits per heavy atom. The summed E-state index contributed by atoms with van der Waals surface area (Å²) in [5.41, 5.74) is 2.12. The van der Waals surface area contributed by atoms with E-state index >= 15 is 0 Å². The van der Waals surface area contributed by atoms with Crippen LogP contribution in [0, 0.1) is 6.92 Å². The quantitative estimate of drug-likeness (QED) is 0.253. The van der Waals surface area contributed by atoms with Crippen LogP contribution in [0.15, 0.2) is 41.2 Å². The van der Waals surface area contributed by atoms with E-state index in [2.05, 4.69) is 30.3 Å². The Morgan fingerprint density at radius 2 is 1.85 bits per heavy atom. The van der Waals surface area contributed by atoms with Crippen molar-refractivity contribution in [3.05, 3.63) is 65.3 Å². The summed E-state index contributed by atoms with van der Waals surface area (Å²) in [4.78, 5) is 13.1. The molecule has 0 unspecified atom stereocenters. The molecule has 39 heavy (non-hydrogen) atoms. The van der Waals surface area contributed by atoms with Crippen molar-refractivity contribution in [3.8, 4) is 17.4 Å². The Bertz CT molecular complexity index is 1500. The summed E-state index contributed by atoms with van der Waals surface area (Å²) in [7, 11) is -2.31. The minimum absolute atomic E-state index is 0.167. The summed E-state index contributed by atoms with van der Waals surface area (Å²) < 4.78 is 46.0. The minimum Gasteiger partial charge on any atom is -0.481 e. The van der Waals surface area contributed by atoms with Gasteiger partial charge in [-0.3, -0.25) is 0 Å². The smallest absolute Gasteiger partial charge is 0.213 e. The van der Waals surface area contributed by atoms with Crippen molar-refractivity contribution in [1.82, 2.24) is 34.9 Å². The van der Waals surface area contributed by atoms with Gasteiger partial charge in [-0.2, -0.15) is 0 Å². The van der Waals surface area contributed by atoms with Crippen molar-refractivity contribution in [1.29, 1.82) is 0 Å². The van der Waals surface area contributed by atoms with Crippen molar-refractivity contribution in [2.45, 2.75) is 70.8 Å². The molecule has 13 heteroatoms. The fraction of sp³-hybridized carbons (Fsp3) is 0.462. The average molecular weight is 556 g/mol. The molecule has 4 rings (SSSR count). The molecule has 0 aliphatic carbocycles. The molecule has 0 N–H and O–H groups in total. The highest BCUT2D eigenvalue weighted by atomic mass is 32.2. The van der Waals surface area contributed by atoms with Gasteiger partial charge in [-0.05, 0) is 45.7 Å². The molecule has 0 saturated carbocycles. The van der Waals surface area contributed by atoms with Crippen LogP contribution in [0.25, 0.3) is 11.5 Å². The molecule has 0 aliphatic rings. The maximum absolute atomic E-state index is 13.8. The molecule has 0 saturated heterocycles.